The number of fused-ring (bicyclic) bond motifs is 1. The monoisotopic (exact) mass is 442 g/mol. The summed E-state index contributed by atoms with van der Waals surface area (Å²) < 4.78 is 66.6. The summed E-state index contributed by atoms with van der Waals surface area (Å²) in [4.78, 5) is 0. The first-order valence-electron chi connectivity index (χ1n) is 10.6. The minimum Gasteiger partial charge on any atom is -0.352 e. The van der Waals surface area contributed by atoms with Crippen molar-refractivity contribution >= 4 is 10.8 Å². The molecular weight excluding hydrogens is 420 g/mol. The van der Waals surface area contributed by atoms with Crippen molar-refractivity contribution < 1.29 is 27.0 Å². The Morgan fingerprint density at radius 1 is 0.875 bits per heavy atom. The predicted octanol–water partition coefficient (Wildman–Crippen LogP) is 6.13. The number of hydrogen-bond donors (Lipinski definition) is 0. The average molecular weight is 442 g/mol. The van der Waals surface area contributed by atoms with Crippen LogP contribution in [0.5, 0.6) is 0 Å². The Hall–Kier alpha value is -2.88. The van der Waals surface area contributed by atoms with Crippen molar-refractivity contribution in [2.45, 2.75) is 32.5 Å². The fourth-order valence-corrected chi connectivity index (χ4v) is 3.61. The summed E-state index contributed by atoms with van der Waals surface area (Å²) in [6, 6.07) is 10.0. The number of hydrogen-bond acceptors (Lipinski definition) is 2. The summed E-state index contributed by atoms with van der Waals surface area (Å²) in [5, 5.41) is 0.141. The highest BCUT2D eigenvalue weighted by atomic mass is 19.2. The summed E-state index contributed by atoms with van der Waals surface area (Å²) >= 11 is 0. The Morgan fingerprint density at radius 3 is 2.38 bits per heavy atom. The van der Waals surface area contributed by atoms with Gasteiger partial charge >= 0.3 is 0 Å². The molecule has 3 aromatic rings. The van der Waals surface area contributed by atoms with Crippen molar-refractivity contribution in [3.05, 3.63) is 82.4 Å². The zero-order chi connectivity index (χ0) is 22.7. The molecule has 0 bridgehead atoms. The first-order valence-corrected chi connectivity index (χ1v) is 10.6. The number of halogens is 4. The van der Waals surface area contributed by atoms with Crippen LogP contribution in [0.1, 0.15) is 36.5 Å². The lowest BCUT2D eigenvalue weighted by molar-refractivity contribution is -0.202. The van der Waals surface area contributed by atoms with Crippen molar-refractivity contribution in [3.8, 4) is 11.8 Å². The molecule has 0 radical (unpaired) electrons. The molecule has 0 atom stereocenters. The largest absolute Gasteiger partial charge is 0.352 e. The summed E-state index contributed by atoms with van der Waals surface area (Å²) in [6.07, 6.45) is 2.01. The lowest BCUT2D eigenvalue weighted by Crippen LogP contribution is -2.32. The molecule has 0 N–H and O–H groups in total. The predicted molar refractivity (Wildman–Crippen MR) is 114 cm³/mol. The van der Waals surface area contributed by atoms with E-state index in [9.17, 15) is 17.6 Å². The molecule has 1 heterocycles. The van der Waals surface area contributed by atoms with E-state index >= 15 is 0 Å². The molecule has 32 heavy (non-hydrogen) atoms. The van der Waals surface area contributed by atoms with Crippen LogP contribution in [-0.4, -0.2) is 19.5 Å². The third kappa shape index (κ3) is 4.95. The van der Waals surface area contributed by atoms with Crippen molar-refractivity contribution in [1.29, 1.82) is 0 Å². The molecule has 166 valence electrons. The standard InChI is InChI=1S/C26H22F4O2/c1-2-16-14-31-24(32-15-16)10-6-18-4-8-19(22(27)12-18)7-3-17-5-9-21-20(11-17)13-23(28)26(30)25(21)29/h4-5,8-9,11-13,16,24H,2,6,10,14-15H2,1H3. The molecule has 1 saturated heterocycles. The molecule has 6 heteroatoms. The highest BCUT2D eigenvalue weighted by Gasteiger charge is 2.20. The lowest BCUT2D eigenvalue weighted by Gasteiger charge is -2.28. The van der Waals surface area contributed by atoms with Crippen molar-refractivity contribution in [1.82, 2.24) is 0 Å². The summed E-state index contributed by atoms with van der Waals surface area (Å²) in [6.45, 7) is 3.48. The average Bonchev–Trinajstić information content (AvgIpc) is 2.81. The molecule has 4 rings (SSSR count). The maximum atomic E-state index is 14.5. The van der Waals surface area contributed by atoms with Crippen LogP contribution in [-0.2, 0) is 15.9 Å². The quantitative estimate of drug-likeness (QED) is 0.275. The fraction of sp³-hybridized carbons (Fsp3) is 0.308. The van der Waals surface area contributed by atoms with E-state index in [0.29, 0.717) is 37.5 Å². The van der Waals surface area contributed by atoms with Crippen molar-refractivity contribution in [3.63, 3.8) is 0 Å². The van der Waals surface area contributed by atoms with E-state index in [1.807, 2.05) is 0 Å². The van der Waals surface area contributed by atoms with E-state index in [0.717, 1.165) is 18.1 Å². The molecule has 1 fully saturated rings. The SMILES string of the molecule is CCC1COC(CCc2ccc(C#Cc3ccc4c(F)c(F)c(F)cc4c3)c(F)c2)OC1. The minimum atomic E-state index is -1.51. The number of aryl methyl sites for hydroxylation is 1. The van der Waals surface area contributed by atoms with Crippen LogP contribution in [0.25, 0.3) is 10.8 Å². The van der Waals surface area contributed by atoms with Gasteiger partial charge in [-0.3, -0.25) is 0 Å². The zero-order valence-electron chi connectivity index (χ0n) is 17.6. The Morgan fingerprint density at radius 2 is 1.66 bits per heavy atom. The van der Waals surface area contributed by atoms with Gasteiger partial charge in [-0.25, -0.2) is 17.6 Å². The van der Waals surface area contributed by atoms with Gasteiger partial charge in [-0.05, 0) is 54.1 Å². The molecule has 1 aliphatic heterocycles. The molecule has 0 aromatic heterocycles. The van der Waals surface area contributed by atoms with Gasteiger partial charge in [0.25, 0.3) is 0 Å². The second-order valence-electron chi connectivity index (χ2n) is 7.90. The van der Waals surface area contributed by atoms with E-state index in [-0.39, 0.29) is 22.6 Å². The van der Waals surface area contributed by atoms with E-state index in [2.05, 4.69) is 18.8 Å². The van der Waals surface area contributed by atoms with Gasteiger partial charge in [0.15, 0.2) is 23.7 Å². The van der Waals surface area contributed by atoms with E-state index < -0.39 is 23.3 Å². The van der Waals surface area contributed by atoms with Gasteiger partial charge in [0.1, 0.15) is 5.82 Å². The molecule has 0 amide bonds. The van der Waals surface area contributed by atoms with Crippen LogP contribution in [0.3, 0.4) is 0 Å². The minimum absolute atomic E-state index is 0.0406. The van der Waals surface area contributed by atoms with Crippen LogP contribution < -0.4 is 0 Å². The smallest absolute Gasteiger partial charge is 0.195 e. The number of benzene rings is 3. The molecule has 0 unspecified atom stereocenters. The first-order chi connectivity index (χ1) is 15.4. The number of rotatable bonds is 4. The van der Waals surface area contributed by atoms with Gasteiger partial charge in [-0.2, -0.15) is 0 Å². The highest BCUT2D eigenvalue weighted by Crippen LogP contribution is 2.24. The topological polar surface area (TPSA) is 18.5 Å². The first kappa shape index (κ1) is 22.3. The molecule has 0 aliphatic carbocycles. The second-order valence-corrected chi connectivity index (χ2v) is 7.90. The van der Waals surface area contributed by atoms with Gasteiger partial charge in [0, 0.05) is 23.3 Å². The van der Waals surface area contributed by atoms with Gasteiger partial charge < -0.3 is 9.47 Å². The van der Waals surface area contributed by atoms with Gasteiger partial charge in [0.2, 0.25) is 0 Å². The highest BCUT2D eigenvalue weighted by molar-refractivity contribution is 5.84. The van der Waals surface area contributed by atoms with Crippen LogP contribution in [0.2, 0.25) is 0 Å². The maximum absolute atomic E-state index is 14.5. The number of ether oxygens (including phenoxy) is 2. The van der Waals surface area contributed by atoms with Crippen molar-refractivity contribution in [2.24, 2.45) is 5.92 Å². The van der Waals surface area contributed by atoms with E-state index in [4.69, 9.17) is 9.47 Å². The Bertz CT molecular complexity index is 1190. The van der Waals surface area contributed by atoms with Crippen LogP contribution in [0.15, 0.2) is 42.5 Å². The van der Waals surface area contributed by atoms with Crippen LogP contribution in [0.4, 0.5) is 17.6 Å². The fourth-order valence-electron chi connectivity index (χ4n) is 3.61. The third-order valence-corrected chi connectivity index (χ3v) is 5.63. The normalized spacial score (nSPS) is 18.4. The second kappa shape index (κ2) is 9.72. The molecular formula is C26H22F4O2. The summed E-state index contributed by atoms with van der Waals surface area (Å²) in [5.74, 6) is 1.50. The summed E-state index contributed by atoms with van der Waals surface area (Å²) in [7, 11) is 0. The molecule has 0 spiro atoms. The molecule has 3 aromatic carbocycles. The third-order valence-electron chi connectivity index (χ3n) is 5.63. The van der Waals surface area contributed by atoms with Gasteiger partial charge in [-0.15, -0.1) is 0 Å². The Labute approximate surface area is 184 Å². The molecule has 1 aliphatic rings. The maximum Gasteiger partial charge on any atom is 0.195 e. The molecule has 2 nitrogen and oxygen atoms in total. The lowest BCUT2D eigenvalue weighted by atomic mass is 10.0. The molecule has 0 saturated carbocycles. The summed E-state index contributed by atoms with van der Waals surface area (Å²) in [5.41, 5.74) is 1.46. The van der Waals surface area contributed by atoms with Crippen molar-refractivity contribution in [2.75, 3.05) is 13.2 Å². The zero-order valence-corrected chi connectivity index (χ0v) is 17.6. The Kier molecular flexibility index (Phi) is 6.78. The van der Waals surface area contributed by atoms with Gasteiger partial charge in [-0.1, -0.05) is 30.9 Å². The van der Waals surface area contributed by atoms with Crippen LogP contribution in [0, 0.1) is 41.0 Å². The Balaban J connectivity index is 1.44. The van der Waals surface area contributed by atoms with E-state index in [1.165, 1.54) is 24.3 Å². The van der Waals surface area contributed by atoms with Gasteiger partial charge in [0.05, 0.1) is 18.8 Å². The van der Waals surface area contributed by atoms with E-state index in [1.54, 1.807) is 12.1 Å². The van der Waals surface area contributed by atoms with Crippen LogP contribution >= 0.6 is 0 Å².